The number of carbonyl (C=O) groups is 4. The minimum absolute atomic E-state index is 0.0881. The summed E-state index contributed by atoms with van der Waals surface area (Å²) in [5.74, 6) is -0.640. The van der Waals surface area contributed by atoms with Crippen LogP contribution in [-0.4, -0.2) is 71.8 Å². The number of imide groups is 1. The summed E-state index contributed by atoms with van der Waals surface area (Å²) in [6.07, 6.45) is 1.40. The fourth-order valence-electron chi connectivity index (χ4n) is 4.18. The molecule has 2 N–H and O–H groups in total. The molecule has 9 nitrogen and oxygen atoms in total. The van der Waals surface area contributed by atoms with Gasteiger partial charge in [0.15, 0.2) is 6.61 Å². The molecule has 0 aromatic heterocycles. The van der Waals surface area contributed by atoms with Crippen LogP contribution in [0.2, 0.25) is 0 Å². The molecule has 9 heteroatoms. The first-order chi connectivity index (χ1) is 14.4. The number of amides is 4. The molecule has 0 radical (unpaired) electrons. The Bertz CT molecular complexity index is 886. The molecule has 4 rings (SSSR count). The van der Waals surface area contributed by atoms with E-state index in [0.717, 1.165) is 13.0 Å². The summed E-state index contributed by atoms with van der Waals surface area (Å²) in [6.45, 7) is 4.30. The van der Waals surface area contributed by atoms with Crippen LogP contribution in [0.4, 0.5) is 0 Å². The molecule has 3 aliphatic heterocycles. The van der Waals surface area contributed by atoms with E-state index in [0.29, 0.717) is 42.4 Å². The van der Waals surface area contributed by atoms with E-state index in [2.05, 4.69) is 17.6 Å². The van der Waals surface area contributed by atoms with Gasteiger partial charge in [-0.25, -0.2) is 0 Å². The van der Waals surface area contributed by atoms with Gasteiger partial charge in [-0.3, -0.25) is 24.5 Å². The van der Waals surface area contributed by atoms with Crippen molar-refractivity contribution in [2.24, 2.45) is 0 Å². The number of nitrogens with zero attached hydrogens (tertiary/aromatic N) is 2. The van der Waals surface area contributed by atoms with Gasteiger partial charge in [-0.2, -0.15) is 0 Å². The summed E-state index contributed by atoms with van der Waals surface area (Å²) in [7, 11) is 0. The van der Waals surface area contributed by atoms with Crippen LogP contribution in [0.25, 0.3) is 0 Å². The minimum Gasteiger partial charge on any atom is -0.483 e. The average molecular weight is 414 g/mol. The van der Waals surface area contributed by atoms with Crippen LogP contribution < -0.4 is 15.4 Å². The van der Waals surface area contributed by atoms with E-state index in [9.17, 15) is 19.2 Å². The molecular weight excluding hydrogens is 388 g/mol. The number of carbonyl (C=O) groups excluding carboxylic acids is 4. The highest BCUT2D eigenvalue weighted by Crippen LogP contribution is 2.33. The van der Waals surface area contributed by atoms with Crippen molar-refractivity contribution in [3.8, 4) is 5.75 Å². The Morgan fingerprint density at radius 3 is 2.83 bits per heavy atom. The van der Waals surface area contributed by atoms with Crippen molar-refractivity contribution >= 4 is 23.6 Å². The lowest BCUT2D eigenvalue weighted by molar-refractivity contribution is -0.137. The van der Waals surface area contributed by atoms with Gasteiger partial charge in [0.05, 0.1) is 6.54 Å². The van der Waals surface area contributed by atoms with Gasteiger partial charge in [0.25, 0.3) is 11.8 Å². The Kier molecular flexibility index (Phi) is 5.72. The summed E-state index contributed by atoms with van der Waals surface area (Å²) in [5, 5.41) is 5.65. The van der Waals surface area contributed by atoms with Crippen LogP contribution in [0, 0.1) is 0 Å². The van der Waals surface area contributed by atoms with Gasteiger partial charge in [0.1, 0.15) is 11.8 Å². The highest BCUT2D eigenvalue weighted by Gasteiger charge is 2.40. The minimum atomic E-state index is -0.677. The second-order valence-corrected chi connectivity index (χ2v) is 8.00. The van der Waals surface area contributed by atoms with E-state index in [1.807, 2.05) is 0 Å². The molecule has 0 aliphatic carbocycles. The monoisotopic (exact) mass is 414 g/mol. The topological polar surface area (TPSA) is 108 Å². The van der Waals surface area contributed by atoms with Crippen molar-refractivity contribution in [2.45, 2.75) is 44.8 Å². The van der Waals surface area contributed by atoms with Gasteiger partial charge in [0, 0.05) is 43.2 Å². The molecule has 3 aliphatic rings. The van der Waals surface area contributed by atoms with E-state index in [1.54, 1.807) is 23.1 Å². The van der Waals surface area contributed by atoms with E-state index in [4.69, 9.17) is 4.74 Å². The third-order valence-electron chi connectivity index (χ3n) is 5.95. The quantitative estimate of drug-likeness (QED) is 0.674. The van der Waals surface area contributed by atoms with Crippen LogP contribution >= 0.6 is 0 Å². The molecule has 2 unspecified atom stereocenters. The molecule has 4 amide bonds. The van der Waals surface area contributed by atoms with Crippen LogP contribution in [0.1, 0.15) is 42.1 Å². The zero-order valence-electron chi connectivity index (χ0n) is 17.0. The molecule has 0 bridgehead atoms. The summed E-state index contributed by atoms with van der Waals surface area (Å²) < 4.78 is 5.81. The third-order valence-corrected chi connectivity index (χ3v) is 5.95. The van der Waals surface area contributed by atoms with Gasteiger partial charge in [0.2, 0.25) is 11.8 Å². The molecule has 30 heavy (non-hydrogen) atoms. The third kappa shape index (κ3) is 4.02. The molecule has 3 heterocycles. The molecule has 2 atom stereocenters. The van der Waals surface area contributed by atoms with Crippen LogP contribution in [-0.2, 0) is 20.9 Å². The second-order valence-electron chi connectivity index (χ2n) is 8.00. The Balaban J connectivity index is 1.43. The normalized spacial score (nSPS) is 24.4. The second kappa shape index (κ2) is 8.43. The Morgan fingerprint density at radius 2 is 2.03 bits per heavy atom. The number of hydrogen-bond donors (Lipinski definition) is 2. The van der Waals surface area contributed by atoms with Crippen molar-refractivity contribution < 1.29 is 23.9 Å². The molecule has 0 spiro atoms. The van der Waals surface area contributed by atoms with Crippen molar-refractivity contribution in [2.75, 3.05) is 26.2 Å². The van der Waals surface area contributed by atoms with Gasteiger partial charge in [-0.1, -0.05) is 6.07 Å². The van der Waals surface area contributed by atoms with Gasteiger partial charge < -0.3 is 19.9 Å². The zero-order valence-corrected chi connectivity index (χ0v) is 17.0. The molecule has 2 saturated heterocycles. The molecule has 0 saturated carbocycles. The Labute approximate surface area is 174 Å². The Hall–Kier alpha value is -2.94. The number of piperidine rings is 1. The largest absolute Gasteiger partial charge is 0.483 e. The molecule has 1 aromatic rings. The van der Waals surface area contributed by atoms with Gasteiger partial charge >= 0.3 is 0 Å². The highest BCUT2D eigenvalue weighted by atomic mass is 16.5. The Morgan fingerprint density at radius 1 is 1.20 bits per heavy atom. The lowest BCUT2D eigenvalue weighted by Gasteiger charge is -2.29. The van der Waals surface area contributed by atoms with Crippen molar-refractivity contribution in [1.29, 1.82) is 0 Å². The lowest BCUT2D eigenvalue weighted by atomic mass is 10.0. The van der Waals surface area contributed by atoms with Gasteiger partial charge in [-0.05, 0) is 31.9 Å². The van der Waals surface area contributed by atoms with Crippen molar-refractivity contribution in [3.63, 3.8) is 0 Å². The van der Waals surface area contributed by atoms with E-state index in [1.165, 1.54) is 4.90 Å². The predicted molar refractivity (Wildman–Crippen MR) is 107 cm³/mol. The van der Waals surface area contributed by atoms with Crippen LogP contribution in [0.5, 0.6) is 5.75 Å². The summed E-state index contributed by atoms with van der Waals surface area (Å²) >= 11 is 0. The average Bonchev–Trinajstić information content (AvgIpc) is 2.90. The van der Waals surface area contributed by atoms with E-state index < -0.39 is 11.9 Å². The highest BCUT2D eigenvalue weighted by molar-refractivity contribution is 6.05. The number of rotatable bonds is 4. The smallest absolute Gasteiger partial charge is 0.260 e. The SMILES string of the molecule is CC1CCN(C(=O)COc2cccc3c2CN(C2CCC(=O)NC2=O)C3=O)CCN1. The van der Waals surface area contributed by atoms with Crippen molar-refractivity contribution in [1.82, 2.24) is 20.4 Å². The maximum Gasteiger partial charge on any atom is 0.260 e. The number of nitrogens with one attached hydrogen (secondary N) is 2. The first-order valence-electron chi connectivity index (χ1n) is 10.3. The predicted octanol–water partition coefficient (Wildman–Crippen LogP) is 0.0368. The van der Waals surface area contributed by atoms with Gasteiger partial charge in [-0.15, -0.1) is 0 Å². The molecule has 1 aromatic carbocycles. The summed E-state index contributed by atoms with van der Waals surface area (Å²) in [5.41, 5.74) is 1.14. The van der Waals surface area contributed by atoms with E-state index >= 15 is 0 Å². The molecule has 2 fully saturated rings. The number of hydrogen-bond acceptors (Lipinski definition) is 6. The fraction of sp³-hybridized carbons (Fsp3) is 0.524. The van der Waals surface area contributed by atoms with E-state index in [-0.39, 0.29) is 37.3 Å². The summed E-state index contributed by atoms with van der Waals surface area (Å²) in [4.78, 5) is 52.3. The maximum absolute atomic E-state index is 12.9. The van der Waals surface area contributed by atoms with Crippen molar-refractivity contribution in [3.05, 3.63) is 29.3 Å². The zero-order chi connectivity index (χ0) is 21.3. The number of fused-ring (bicyclic) bond motifs is 1. The molecule has 160 valence electrons. The maximum atomic E-state index is 12.9. The first kappa shape index (κ1) is 20.3. The molecular formula is C21H26N4O5. The summed E-state index contributed by atoms with van der Waals surface area (Å²) in [6, 6.07) is 4.84. The first-order valence-corrected chi connectivity index (χ1v) is 10.3. The van der Waals surface area contributed by atoms with Crippen LogP contribution in [0.15, 0.2) is 18.2 Å². The standard InChI is InChI=1S/C21H26N4O5/c1-13-7-9-24(10-8-22-13)19(27)12-30-17-4-2-3-14-15(17)11-25(21(14)29)16-5-6-18(26)23-20(16)28/h2-4,13,16,22H,5-12H2,1H3,(H,23,26,28). The number of benzene rings is 1. The number of ether oxygens (including phenoxy) is 1. The fourth-order valence-corrected chi connectivity index (χ4v) is 4.18. The van der Waals surface area contributed by atoms with Crippen LogP contribution in [0.3, 0.4) is 0 Å². The lowest BCUT2D eigenvalue weighted by Crippen LogP contribution is -2.52.